The van der Waals surface area contributed by atoms with Crippen LogP contribution in [0.15, 0.2) is 23.4 Å². The lowest BCUT2D eigenvalue weighted by molar-refractivity contribution is -0.136. The average molecular weight is 296 g/mol. The van der Waals surface area contributed by atoms with Gasteiger partial charge >= 0.3 is 6.18 Å². The van der Waals surface area contributed by atoms with E-state index in [1.807, 2.05) is 0 Å². The van der Waals surface area contributed by atoms with Gasteiger partial charge in [-0.05, 0) is 18.6 Å². The molecule has 1 rings (SSSR count). The molecular weight excluding hydrogens is 283 g/mol. The lowest BCUT2D eigenvalue weighted by Gasteiger charge is -2.15. The van der Waals surface area contributed by atoms with Crippen LogP contribution >= 0.6 is 11.6 Å². The van der Waals surface area contributed by atoms with Crippen LogP contribution in [0.25, 0.3) is 0 Å². The second kappa shape index (κ2) is 6.51. The molecule has 0 amide bonds. The fourth-order valence-corrected chi connectivity index (χ4v) is 1.71. The first-order valence-corrected chi connectivity index (χ1v) is 5.80. The maximum Gasteiger partial charge on any atom is 0.418 e. The topological polar surface area (TPSA) is 70.6 Å². The van der Waals surface area contributed by atoms with Crippen LogP contribution in [0.1, 0.15) is 18.4 Å². The minimum atomic E-state index is -4.47. The van der Waals surface area contributed by atoms with Crippen LogP contribution in [-0.2, 0) is 6.18 Å². The molecule has 0 aliphatic carbocycles. The molecule has 19 heavy (non-hydrogen) atoms. The summed E-state index contributed by atoms with van der Waals surface area (Å²) in [6.45, 7) is 0.225. The first-order valence-electron chi connectivity index (χ1n) is 5.42. The second-order valence-electron chi connectivity index (χ2n) is 3.78. The minimum absolute atomic E-state index is 0.00128. The van der Waals surface area contributed by atoms with Crippen LogP contribution in [0.2, 0.25) is 5.02 Å². The number of para-hydroxylation sites is 1. The third-order valence-electron chi connectivity index (χ3n) is 2.36. The molecular formula is C11H13ClF3N3O. The predicted molar refractivity (Wildman–Crippen MR) is 67.6 cm³/mol. The van der Waals surface area contributed by atoms with Gasteiger partial charge in [0.2, 0.25) is 0 Å². The largest absolute Gasteiger partial charge is 0.418 e. The number of oxime groups is 1. The summed E-state index contributed by atoms with van der Waals surface area (Å²) in [5.41, 5.74) is 4.28. The van der Waals surface area contributed by atoms with Crippen molar-refractivity contribution in [3.8, 4) is 0 Å². The third-order valence-corrected chi connectivity index (χ3v) is 2.67. The number of nitrogens with zero attached hydrogens (tertiary/aromatic N) is 1. The number of nitrogens with two attached hydrogens (primary N) is 1. The fourth-order valence-electron chi connectivity index (χ4n) is 1.47. The van der Waals surface area contributed by atoms with E-state index in [0.717, 1.165) is 6.07 Å². The highest BCUT2D eigenvalue weighted by Gasteiger charge is 2.34. The van der Waals surface area contributed by atoms with E-state index in [1.165, 1.54) is 12.1 Å². The van der Waals surface area contributed by atoms with Crippen molar-refractivity contribution < 1.29 is 18.4 Å². The van der Waals surface area contributed by atoms with E-state index >= 15 is 0 Å². The fraction of sp³-hybridized carbons (Fsp3) is 0.364. The molecule has 8 heteroatoms. The molecule has 106 valence electrons. The lowest BCUT2D eigenvalue weighted by Crippen LogP contribution is -2.15. The molecule has 4 N–H and O–H groups in total. The van der Waals surface area contributed by atoms with Crippen molar-refractivity contribution in [2.45, 2.75) is 19.0 Å². The van der Waals surface area contributed by atoms with Crippen molar-refractivity contribution in [1.82, 2.24) is 0 Å². The van der Waals surface area contributed by atoms with Gasteiger partial charge in [0.25, 0.3) is 0 Å². The van der Waals surface area contributed by atoms with Crippen molar-refractivity contribution in [3.05, 3.63) is 28.8 Å². The Kier molecular flexibility index (Phi) is 5.29. The monoisotopic (exact) mass is 295 g/mol. The number of hydrogen-bond donors (Lipinski definition) is 3. The minimum Gasteiger partial charge on any atom is -0.409 e. The SMILES string of the molecule is NC(CCCNc1c(Cl)cccc1C(F)(F)F)=NO. The molecule has 0 saturated heterocycles. The highest BCUT2D eigenvalue weighted by Crippen LogP contribution is 2.38. The van der Waals surface area contributed by atoms with E-state index < -0.39 is 11.7 Å². The Bertz CT molecular complexity index is 463. The average Bonchev–Trinajstić information content (AvgIpc) is 2.34. The molecule has 0 radical (unpaired) electrons. The number of rotatable bonds is 5. The lowest BCUT2D eigenvalue weighted by atomic mass is 10.1. The van der Waals surface area contributed by atoms with Gasteiger partial charge in [-0.3, -0.25) is 0 Å². The number of halogens is 4. The standard InChI is InChI=1S/C11H13ClF3N3O/c12-8-4-1-3-7(11(13,14)15)10(8)17-6-2-5-9(16)18-19/h1,3-4,17,19H,2,5-6H2,(H2,16,18). The van der Waals surface area contributed by atoms with Crippen LogP contribution < -0.4 is 11.1 Å². The van der Waals surface area contributed by atoms with E-state index in [1.54, 1.807) is 0 Å². The van der Waals surface area contributed by atoms with Gasteiger partial charge in [-0.15, -0.1) is 0 Å². The summed E-state index contributed by atoms with van der Waals surface area (Å²) in [5, 5.41) is 13.7. The third kappa shape index (κ3) is 4.51. The van der Waals surface area contributed by atoms with Gasteiger partial charge in [-0.1, -0.05) is 22.8 Å². The van der Waals surface area contributed by atoms with Gasteiger partial charge in [0.05, 0.1) is 16.3 Å². The summed E-state index contributed by atoms with van der Waals surface area (Å²) in [4.78, 5) is 0. The van der Waals surface area contributed by atoms with Gasteiger partial charge in [0, 0.05) is 13.0 Å². The molecule has 4 nitrogen and oxygen atoms in total. The Hall–Kier alpha value is -1.63. The summed E-state index contributed by atoms with van der Waals surface area (Å²) >= 11 is 5.75. The Morgan fingerprint density at radius 2 is 2.11 bits per heavy atom. The number of anilines is 1. The Labute approximate surface area is 113 Å². The summed E-state index contributed by atoms with van der Waals surface area (Å²) in [7, 11) is 0. The van der Waals surface area contributed by atoms with Crippen molar-refractivity contribution in [2.24, 2.45) is 10.9 Å². The molecule has 0 aliphatic rings. The molecule has 0 atom stereocenters. The zero-order valence-corrected chi connectivity index (χ0v) is 10.6. The molecule has 0 spiro atoms. The normalized spacial score (nSPS) is 12.5. The summed E-state index contributed by atoms with van der Waals surface area (Å²) < 4.78 is 38.2. The second-order valence-corrected chi connectivity index (χ2v) is 4.19. The number of nitrogens with one attached hydrogen (secondary N) is 1. The van der Waals surface area contributed by atoms with E-state index in [-0.39, 0.29) is 29.5 Å². The molecule has 0 heterocycles. The van der Waals surface area contributed by atoms with Crippen molar-refractivity contribution >= 4 is 23.1 Å². The molecule has 0 fully saturated rings. The molecule has 0 saturated carbocycles. The van der Waals surface area contributed by atoms with E-state index in [0.29, 0.717) is 6.42 Å². The molecule has 0 unspecified atom stereocenters. The molecule has 0 aliphatic heterocycles. The number of amidine groups is 1. The van der Waals surface area contributed by atoms with Crippen LogP contribution in [0.3, 0.4) is 0 Å². The first-order chi connectivity index (χ1) is 8.86. The highest BCUT2D eigenvalue weighted by molar-refractivity contribution is 6.33. The van der Waals surface area contributed by atoms with Crippen LogP contribution in [0, 0.1) is 0 Å². The van der Waals surface area contributed by atoms with Crippen molar-refractivity contribution in [3.63, 3.8) is 0 Å². The first kappa shape index (κ1) is 15.4. The highest BCUT2D eigenvalue weighted by atomic mass is 35.5. The van der Waals surface area contributed by atoms with Gasteiger partial charge in [-0.2, -0.15) is 13.2 Å². The van der Waals surface area contributed by atoms with E-state index in [2.05, 4.69) is 10.5 Å². The van der Waals surface area contributed by atoms with E-state index in [4.69, 9.17) is 22.5 Å². The molecule has 0 aromatic heterocycles. The molecule has 1 aromatic carbocycles. The number of alkyl halides is 3. The van der Waals surface area contributed by atoms with Crippen molar-refractivity contribution in [2.75, 3.05) is 11.9 Å². The van der Waals surface area contributed by atoms with Gasteiger partial charge in [0.15, 0.2) is 0 Å². The maximum absolute atomic E-state index is 12.7. The van der Waals surface area contributed by atoms with E-state index in [9.17, 15) is 13.2 Å². The summed E-state index contributed by atoms with van der Waals surface area (Å²) in [6, 6.07) is 3.58. The summed E-state index contributed by atoms with van der Waals surface area (Å²) in [5.74, 6) is 0.0250. The Morgan fingerprint density at radius 1 is 1.42 bits per heavy atom. The summed E-state index contributed by atoms with van der Waals surface area (Å²) in [6.07, 6.45) is -3.79. The van der Waals surface area contributed by atoms with Crippen LogP contribution in [-0.4, -0.2) is 17.6 Å². The molecule has 0 bridgehead atoms. The number of benzene rings is 1. The predicted octanol–water partition coefficient (Wildman–Crippen LogP) is 3.30. The smallest absolute Gasteiger partial charge is 0.409 e. The van der Waals surface area contributed by atoms with Crippen LogP contribution in [0.5, 0.6) is 0 Å². The number of hydrogen-bond acceptors (Lipinski definition) is 3. The Morgan fingerprint density at radius 3 is 2.68 bits per heavy atom. The Balaban J connectivity index is 2.72. The van der Waals surface area contributed by atoms with Gasteiger partial charge < -0.3 is 16.3 Å². The zero-order chi connectivity index (χ0) is 14.5. The van der Waals surface area contributed by atoms with Crippen LogP contribution in [0.4, 0.5) is 18.9 Å². The molecule has 1 aromatic rings. The van der Waals surface area contributed by atoms with Crippen molar-refractivity contribution in [1.29, 1.82) is 0 Å². The van der Waals surface area contributed by atoms with Gasteiger partial charge in [0.1, 0.15) is 5.84 Å². The zero-order valence-electron chi connectivity index (χ0n) is 9.84. The quantitative estimate of drug-likeness (QED) is 0.257. The van der Waals surface area contributed by atoms with Gasteiger partial charge in [-0.25, -0.2) is 0 Å². The maximum atomic E-state index is 12.7.